The van der Waals surface area contributed by atoms with E-state index in [4.69, 9.17) is 22.6 Å². The van der Waals surface area contributed by atoms with Crippen LogP contribution < -0.4 is 9.80 Å². The lowest BCUT2D eigenvalue weighted by Gasteiger charge is -2.29. The third kappa shape index (κ3) is 3.40. The third-order valence-electron chi connectivity index (χ3n) is 4.82. The van der Waals surface area contributed by atoms with Crippen LogP contribution in [-0.4, -0.2) is 21.7 Å². The van der Waals surface area contributed by atoms with Gasteiger partial charge in [0.15, 0.2) is 5.11 Å². The van der Waals surface area contributed by atoms with E-state index in [0.717, 1.165) is 17.0 Å². The first kappa shape index (κ1) is 21.7. The zero-order valence-electron chi connectivity index (χ0n) is 15.8. The molecule has 0 aromatic heterocycles. The van der Waals surface area contributed by atoms with Gasteiger partial charge in [0.1, 0.15) is 11.4 Å². The minimum atomic E-state index is -4.80. The number of rotatable bonds is 3. The Bertz CT molecular complexity index is 1090. The maximum Gasteiger partial charge on any atom is 0.417 e. The zero-order chi connectivity index (χ0) is 22.4. The fraction of sp³-hybridized carbons (Fsp3) is 0.250. The van der Waals surface area contributed by atoms with Gasteiger partial charge in [-0.05, 0) is 56.4 Å². The van der Waals surface area contributed by atoms with Gasteiger partial charge in [0.05, 0.1) is 29.5 Å². The van der Waals surface area contributed by atoms with Crippen molar-refractivity contribution in [3.05, 3.63) is 58.9 Å². The van der Waals surface area contributed by atoms with Crippen LogP contribution in [0.1, 0.15) is 30.5 Å². The van der Waals surface area contributed by atoms with E-state index >= 15 is 0 Å². The van der Waals surface area contributed by atoms with Crippen LogP contribution in [0.3, 0.4) is 0 Å². The van der Waals surface area contributed by atoms with E-state index in [9.17, 15) is 22.4 Å². The molecular weight excluding hydrogens is 422 g/mol. The summed E-state index contributed by atoms with van der Waals surface area (Å²) in [6.07, 6.45) is -4.80. The molecule has 10 heteroatoms. The first-order valence-corrected chi connectivity index (χ1v) is 9.03. The fourth-order valence-corrected chi connectivity index (χ4v) is 3.78. The highest BCUT2D eigenvalue weighted by molar-refractivity contribution is 7.81. The number of hydrogen-bond acceptors (Lipinski definition) is 4. The second kappa shape index (κ2) is 7.34. The normalized spacial score (nSPS) is 16.2. The summed E-state index contributed by atoms with van der Waals surface area (Å²) in [5.74, 6) is -1.32. The van der Waals surface area contributed by atoms with Gasteiger partial charge in [0.25, 0.3) is 5.91 Å². The molecule has 0 radical (unpaired) electrons. The van der Waals surface area contributed by atoms with Gasteiger partial charge in [0, 0.05) is 11.3 Å². The number of nitriles is 1. The van der Waals surface area contributed by atoms with Gasteiger partial charge >= 0.3 is 6.18 Å². The van der Waals surface area contributed by atoms with E-state index in [2.05, 4.69) is 0 Å². The lowest BCUT2D eigenvalue weighted by Crippen LogP contribution is -2.44. The third-order valence-corrected chi connectivity index (χ3v) is 5.19. The summed E-state index contributed by atoms with van der Waals surface area (Å²) in [5.41, 5.74) is -2.99. The number of amides is 1. The molecule has 0 bridgehead atoms. The van der Waals surface area contributed by atoms with Crippen LogP contribution in [0.4, 0.5) is 28.9 Å². The number of aliphatic hydroxyl groups excluding tert-OH is 1. The first-order chi connectivity index (χ1) is 13.9. The van der Waals surface area contributed by atoms with E-state index in [1.54, 1.807) is 0 Å². The van der Waals surface area contributed by atoms with Crippen LogP contribution in [0.25, 0.3) is 0 Å². The molecule has 1 saturated heterocycles. The molecule has 1 aliphatic rings. The summed E-state index contributed by atoms with van der Waals surface area (Å²) >= 11 is 5.37. The number of nitrogens with zero attached hydrogens (tertiary/aromatic N) is 3. The van der Waals surface area contributed by atoms with E-state index < -0.39 is 41.2 Å². The van der Waals surface area contributed by atoms with Crippen molar-refractivity contribution in [1.29, 1.82) is 5.26 Å². The molecule has 1 amide bonds. The molecular formula is C20H15F4N3O2S. The Morgan fingerprint density at radius 1 is 1.17 bits per heavy atom. The molecule has 2 aromatic rings. The quantitative estimate of drug-likeness (QED) is 0.578. The van der Waals surface area contributed by atoms with Gasteiger partial charge in [-0.1, -0.05) is 6.07 Å². The van der Waals surface area contributed by atoms with E-state index in [1.165, 1.54) is 43.0 Å². The summed E-state index contributed by atoms with van der Waals surface area (Å²) in [6.45, 7) is 2.50. The van der Waals surface area contributed by atoms with Gasteiger partial charge in [0.2, 0.25) is 0 Å². The number of halogens is 4. The highest BCUT2D eigenvalue weighted by Crippen LogP contribution is 2.39. The Labute approximate surface area is 174 Å². The average Bonchev–Trinajstić information content (AvgIpc) is 2.85. The molecule has 0 aliphatic carbocycles. The van der Waals surface area contributed by atoms with Crippen molar-refractivity contribution in [3.63, 3.8) is 0 Å². The molecule has 0 saturated carbocycles. The smallest absolute Gasteiger partial charge is 0.392 e. The van der Waals surface area contributed by atoms with E-state index in [1.807, 2.05) is 0 Å². The van der Waals surface area contributed by atoms with Crippen LogP contribution in [0.2, 0.25) is 0 Å². The molecule has 0 spiro atoms. The Hall–Kier alpha value is -3.03. The predicted octanol–water partition coefficient (Wildman–Crippen LogP) is 4.13. The second-order valence-electron chi connectivity index (χ2n) is 7.09. The van der Waals surface area contributed by atoms with Crippen molar-refractivity contribution in [2.45, 2.75) is 32.2 Å². The number of alkyl halides is 3. The molecule has 1 N–H and O–H groups in total. The molecule has 30 heavy (non-hydrogen) atoms. The minimum Gasteiger partial charge on any atom is -0.392 e. The largest absolute Gasteiger partial charge is 0.417 e. The van der Waals surface area contributed by atoms with E-state index in [0.29, 0.717) is 6.07 Å². The number of thiocarbonyl (C=S) groups is 1. The van der Waals surface area contributed by atoms with Gasteiger partial charge in [-0.3, -0.25) is 9.69 Å². The SMILES string of the molecule is CC1(C)C(=O)N(c2ccc(C#N)c(C(F)(F)F)c2)C(=S)N1c1ccc(CO)c(F)c1. The number of hydrogen-bond donors (Lipinski definition) is 1. The van der Waals surface area contributed by atoms with E-state index in [-0.39, 0.29) is 22.1 Å². The summed E-state index contributed by atoms with van der Waals surface area (Å²) in [5, 5.41) is 18.0. The Morgan fingerprint density at radius 2 is 1.80 bits per heavy atom. The maximum absolute atomic E-state index is 14.2. The average molecular weight is 437 g/mol. The van der Waals surface area contributed by atoms with Gasteiger partial charge in [-0.2, -0.15) is 18.4 Å². The molecule has 3 rings (SSSR count). The zero-order valence-corrected chi connectivity index (χ0v) is 16.6. The maximum atomic E-state index is 14.2. The molecule has 0 unspecified atom stereocenters. The summed E-state index contributed by atoms with van der Waals surface area (Å²) in [6, 6.07) is 8.23. The molecule has 0 atom stereocenters. The van der Waals surface area contributed by atoms with Crippen molar-refractivity contribution in [2.24, 2.45) is 0 Å². The topological polar surface area (TPSA) is 67.6 Å². The molecule has 1 fully saturated rings. The number of carbonyl (C=O) groups is 1. The number of benzene rings is 2. The van der Waals surface area contributed by atoms with Gasteiger partial charge < -0.3 is 10.0 Å². The number of anilines is 2. The Morgan fingerprint density at radius 3 is 2.33 bits per heavy atom. The predicted molar refractivity (Wildman–Crippen MR) is 105 cm³/mol. The molecule has 156 valence electrons. The molecule has 1 heterocycles. The highest BCUT2D eigenvalue weighted by atomic mass is 32.1. The van der Waals surface area contributed by atoms with Crippen molar-refractivity contribution in [2.75, 3.05) is 9.80 Å². The Balaban J connectivity index is 2.11. The molecule has 2 aromatic carbocycles. The van der Waals surface area contributed by atoms with Crippen molar-refractivity contribution >= 4 is 34.6 Å². The van der Waals surface area contributed by atoms with Gasteiger partial charge in [-0.25, -0.2) is 4.39 Å². The fourth-order valence-electron chi connectivity index (χ4n) is 3.26. The van der Waals surface area contributed by atoms with Crippen LogP contribution >= 0.6 is 12.2 Å². The molecule has 5 nitrogen and oxygen atoms in total. The minimum absolute atomic E-state index is 0.0479. The van der Waals surface area contributed by atoms with Crippen LogP contribution in [0.5, 0.6) is 0 Å². The number of aliphatic hydroxyl groups is 1. The van der Waals surface area contributed by atoms with Crippen molar-refractivity contribution in [3.8, 4) is 6.07 Å². The summed E-state index contributed by atoms with van der Waals surface area (Å²) < 4.78 is 54.2. The lowest BCUT2D eigenvalue weighted by molar-refractivity contribution is -0.137. The van der Waals surface area contributed by atoms with Gasteiger partial charge in [-0.15, -0.1) is 0 Å². The molecule has 1 aliphatic heterocycles. The number of carbonyl (C=O) groups excluding carboxylic acids is 1. The standard InChI is InChI=1S/C20H15F4N3O2S/c1-19(2)17(29)26(13-5-3-11(9-25)15(7-13)20(22,23)24)18(30)27(19)14-6-4-12(10-28)16(21)8-14/h3-8,28H,10H2,1-2H3. The second-order valence-corrected chi connectivity index (χ2v) is 7.46. The monoisotopic (exact) mass is 437 g/mol. The van der Waals surface area contributed by atoms with Crippen molar-refractivity contribution < 1.29 is 27.5 Å². The van der Waals surface area contributed by atoms with Crippen LogP contribution in [-0.2, 0) is 17.6 Å². The Kier molecular flexibility index (Phi) is 5.30. The van der Waals surface area contributed by atoms with Crippen LogP contribution in [0, 0.1) is 17.1 Å². The highest BCUT2D eigenvalue weighted by Gasteiger charge is 2.50. The lowest BCUT2D eigenvalue weighted by atomic mass is 10.0. The summed E-state index contributed by atoms with van der Waals surface area (Å²) in [7, 11) is 0. The summed E-state index contributed by atoms with van der Waals surface area (Å²) in [4.78, 5) is 15.3. The first-order valence-electron chi connectivity index (χ1n) is 8.63. The van der Waals surface area contributed by atoms with Crippen molar-refractivity contribution in [1.82, 2.24) is 0 Å². The van der Waals surface area contributed by atoms with Crippen LogP contribution in [0.15, 0.2) is 36.4 Å².